The third-order valence-electron chi connectivity index (χ3n) is 4.58. The fraction of sp³-hybridized carbons (Fsp3) is 0.438. The van der Waals surface area contributed by atoms with Crippen LogP contribution in [0.25, 0.3) is 0 Å². The summed E-state index contributed by atoms with van der Waals surface area (Å²) < 4.78 is 0. The van der Waals surface area contributed by atoms with Crippen LogP contribution in [0.3, 0.4) is 0 Å². The van der Waals surface area contributed by atoms with Crippen molar-refractivity contribution < 1.29 is 14.4 Å². The van der Waals surface area contributed by atoms with E-state index in [-0.39, 0.29) is 34.2 Å². The van der Waals surface area contributed by atoms with Crippen LogP contribution < -0.4 is 5.43 Å². The first-order valence-electron chi connectivity index (χ1n) is 7.52. The van der Waals surface area contributed by atoms with Gasteiger partial charge >= 0.3 is 0 Å². The highest BCUT2D eigenvalue weighted by Gasteiger charge is 2.50. The molecule has 7 heteroatoms. The summed E-state index contributed by atoms with van der Waals surface area (Å²) in [7, 11) is 0. The lowest BCUT2D eigenvalue weighted by molar-refractivity contribution is -0.142. The molecule has 2 fully saturated rings. The second-order valence-electron chi connectivity index (χ2n) is 6.21. The number of carbonyl (C=O) groups excluding carboxylic acids is 3. The molecule has 3 rings (SSSR count). The number of nitrogens with one attached hydrogen (secondary N) is 1. The van der Waals surface area contributed by atoms with E-state index in [0.717, 1.165) is 11.4 Å². The first-order valence-corrected chi connectivity index (χ1v) is 8.28. The molecule has 0 radical (unpaired) electrons. The lowest BCUT2D eigenvalue weighted by Crippen LogP contribution is -2.46. The van der Waals surface area contributed by atoms with Crippen LogP contribution in [0.4, 0.5) is 0 Å². The van der Waals surface area contributed by atoms with Crippen molar-refractivity contribution in [3.63, 3.8) is 0 Å². The van der Waals surface area contributed by atoms with Gasteiger partial charge in [-0.3, -0.25) is 19.8 Å². The average Bonchev–Trinajstić information content (AvgIpc) is 2.74. The molecule has 1 aromatic carbocycles. The topological polar surface area (TPSA) is 66.5 Å². The van der Waals surface area contributed by atoms with Gasteiger partial charge in [-0.25, -0.2) is 0 Å². The highest BCUT2D eigenvalue weighted by atomic mass is 35.5. The van der Waals surface area contributed by atoms with Crippen molar-refractivity contribution in [1.29, 1.82) is 0 Å². The number of halogens is 2. The predicted molar refractivity (Wildman–Crippen MR) is 85.8 cm³/mol. The van der Waals surface area contributed by atoms with Gasteiger partial charge in [-0.05, 0) is 43.4 Å². The van der Waals surface area contributed by atoms with Gasteiger partial charge in [-0.1, -0.05) is 30.1 Å². The van der Waals surface area contributed by atoms with Gasteiger partial charge in [0.05, 0.1) is 21.9 Å². The SMILES string of the molecule is C[C@@H]1CC[C@H]2C(=O)N(NC(=O)c3ccc(Cl)c(Cl)c3)C(=O)[C@H]2C1. The number of benzene rings is 1. The molecule has 3 atom stereocenters. The fourth-order valence-electron chi connectivity index (χ4n) is 3.30. The molecular formula is C16H16Cl2N2O3. The number of hydrogen-bond acceptors (Lipinski definition) is 3. The third-order valence-corrected chi connectivity index (χ3v) is 5.32. The summed E-state index contributed by atoms with van der Waals surface area (Å²) in [5.41, 5.74) is 2.65. The van der Waals surface area contributed by atoms with Crippen molar-refractivity contribution in [3.8, 4) is 0 Å². The molecule has 1 aliphatic heterocycles. The standard InChI is InChI=1S/C16H16Cl2N2O3/c1-8-2-4-10-11(6-8)16(23)20(15(10)22)19-14(21)9-3-5-12(17)13(18)7-9/h3,5,7-8,10-11H,2,4,6H2,1H3,(H,19,21)/t8-,10-,11+/m1/s1. The summed E-state index contributed by atoms with van der Waals surface area (Å²) >= 11 is 11.7. The van der Waals surface area contributed by atoms with E-state index in [4.69, 9.17) is 23.2 Å². The second-order valence-corrected chi connectivity index (χ2v) is 7.03. The summed E-state index contributed by atoms with van der Waals surface area (Å²) in [5, 5.41) is 1.44. The minimum absolute atomic E-state index is 0.237. The molecule has 5 nitrogen and oxygen atoms in total. The van der Waals surface area contributed by atoms with Crippen molar-refractivity contribution in [2.24, 2.45) is 17.8 Å². The largest absolute Gasteiger partial charge is 0.272 e. The van der Waals surface area contributed by atoms with Gasteiger partial charge in [0.2, 0.25) is 0 Å². The van der Waals surface area contributed by atoms with Gasteiger partial charge in [0.25, 0.3) is 17.7 Å². The number of fused-ring (bicyclic) bond motifs is 1. The number of imide groups is 1. The molecule has 0 spiro atoms. The molecule has 1 aliphatic carbocycles. The van der Waals surface area contributed by atoms with E-state index in [2.05, 4.69) is 12.3 Å². The maximum absolute atomic E-state index is 12.4. The van der Waals surface area contributed by atoms with Crippen molar-refractivity contribution in [1.82, 2.24) is 10.4 Å². The Morgan fingerprint density at radius 1 is 1.13 bits per heavy atom. The number of amides is 3. The quantitative estimate of drug-likeness (QED) is 0.830. The van der Waals surface area contributed by atoms with Crippen LogP contribution in [0.1, 0.15) is 36.5 Å². The van der Waals surface area contributed by atoms with Crippen molar-refractivity contribution in [3.05, 3.63) is 33.8 Å². The van der Waals surface area contributed by atoms with Crippen LogP contribution in [0.15, 0.2) is 18.2 Å². The number of rotatable bonds is 2. The second kappa shape index (κ2) is 6.13. The Balaban J connectivity index is 1.77. The highest BCUT2D eigenvalue weighted by molar-refractivity contribution is 6.42. The monoisotopic (exact) mass is 354 g/mol. The van der Waals surface area contributed by atoms with Crippen molar-refractivity contribution in [2.45, 2.75) is 26.2 Å². The summed E-state index contributed by atoms with van der Waals surface area (Å²) in [6.45, 7) is 2.07. The Morgan fingerprint density at radius 3 is 2.52 bits per heavy atom. The van der Waals surface area contributed by atoms with Crippen molar-refractivity contribution >= 4 is 40.9 Å². The van der Waals surface area contributed by atoms with E-state index >= 15 is 0 Å². The molecule has 1 saturated heterocycles. The molecule has 0 aromatic heterocycles. The summed E-state index contributed by atoms with van der Waals surface area (Å²) in [4.78, 5) is 37.1. The fourth-order valence-corrected chi connectivity index (χ4v) is 3.60. The molecule has 1 aromatic rings. The molecule has 2 aliphatic rings. The lowest BCUT2D eigenvalue weighted by Gasteiger charge is -2.25. The van der Waals surface area contributed by atoms with Crippen LogP contribution >= 0.6 is 23.2 Å². The summed E-state index contributed by atoms with van der Waals surface area (Å²) in [6, 6.07) is 4.39. The zero-order valence-electron chi connectivity index (χ0n) is 12.5. The zero-order chi connectivity index (χ0) is 16.7. The third kappa shape index (κ3) is 2.95. The molecular weight excluding hydrogens is 339 g/mol. The summed E-state index contributed by atoms with van der Waals surface area (Å²) in [5.74, 6) is -1.41. The minimum Gasteiger partial charge on any atom is -0.272 e. The number of nitrogens with zero attached hydrogens (tertiary/aromatic N) is 1. The van der Waals surface area contributed by atoms with Crippen LogP contribution in [0.2, 0.25) is 10.0 Å². The Kier molecular flexibility index (Phi) is 4.34. The molecule has 1 N–H and O–H groups in total. The van der Waals surface area contributed by atoms with Crippen molar-refractivity contribution in [2.75, 3.05) is 0 Å². The maximum Gasteiger partial charge on any atom is 0.270 e. The Labute approximate surface area is 143 Å². The van der Waals surface area contributed by atoms with Gasteiger partial charge in [-0.15, -0.1) is 0 Å². The van der Waals surface area contributed by atoms with E-state index in [1.54, 1.807) is 0 Å². The molecule has 1 heterocycles. The van der Waals surface area contributed by atoms with Crippen LogP contribution in [0.5, 0.6) is 0 Å². The first-order chi connectivity index (χ1) is 10.9. The van der Waals surface area contributed by atoms with E-state index < -0.39 is 5.91 Å². The van der Waals surface area contributed by atoms with Crippen LogP contribution in [-0.2, 0) is 9.59 Å². The number of hydrazine groups is 1. The summed E-state index contributed by atoms with van der Waals surface area (Å²) in [6.07, 6.45) is 2.30. The number of hydrogen-bond donors (Lipinski definition) is 1. The minimum atomic E-state index is -0.558. The first kappa shape index (κ1) is 16.3. The Hall–Kier alpha value is -1.59. The van der Waals surface area contributed by atoms with E-state index in [0.29, 0.717) is 23.8 Å². The number of carbonyl (C=O) groups is 3. The van der Waals surface area contributed by atoms with Gasteiger partial charge in [0.15, 0.2) is 0 Å². The van der Waals surface area contributed by atoms with E-state index in [1.807, 2.05) is 0 Å². The van der Waals surface area contributed by atoms with Gasteiger partial charge in [0.1, 0.15) is 0 Å². The molecule has 0 unspecified atom stereocenters. The molecule has 3 amide bonds. The Morgan fingerprint density at radius 2 is 1.83 bits per heavy atom. The molecule has 1 saturated carbocycles. The maximum atomic E-state index is 12.4. The van der Waals surface area contributed by atoms with Crippen LogP contribution in [-0.4, -0.2) is 22.7 Å². The normalized spacial score (nSPS) is 27.1. The van der Waals surface area contributed by atoms with Crippen LogP contribution in [0, 0.1) is 17.8 Å². The Bertz CT molecular complexity index is 692. The average molecular weight is 355 g/mol. The van der Waals surface area contributed by atoms with Gasteiger partial charge in [-0.2, -0.15) is 5.01 Å². The van der Waals surface area contributed by atoms with E-state index in [1.165, 1.54) is 18.2 Å². The van der Waals surface area contributed by atoms with Gasteiger partial charge in [0, 0.05) is 5.56 Å². The zero-order valence-corrected chi connectivity index (χ0v) is 14.0. The predicted octanol–water partition coefficient (Wildman–Crippen LogP) is 3.06. The molecule has 0 bridgehead atoms. The molecule has 23 heavy (non-hydrogen) atoms. The highest BCUT2D eigenvalue weighted by Crippen LogP contribution is 2.39. The molecule has 122 valence electrons. The van der Waals surface area contributed by atoms with E-state index in [9.17, 15) is 14.4 Å². The smallest absolute Gasteiger partial charge is 0.270 e. The lowest BCUT2D eigenvalue weighted by atomic mass is 9.76. The van der Waals surface area contributed by atoms with Gasteiger partial charge < -0.3 is 0 Å².